The van der Waals surface area contributed by atoms with Gasteiger partial charge in [0.1, 0.15) is 5.54 Å². The summed E-state index contributed by atoms with van der Waals surface area (Å²) in [6, 6.07) is 1.77. The van der Waals surface area contributed by atoms with Gasteiger partial charge >= 0.3 is 0 Å². The quantitative estimate of drug-likeness (QED) is 0.763. The van der Waals surface area contributed by atoms with E-state index in [0.717, 1.165) is 5.69 Å². The molecule has 106 valence electrons. The van der Waals surface area contributed by atoms with E-state index >= 15 is 0 Å². The number of nitrogens with two attached hydrogens (primary N) is 1. The molecule has 1 amide bonds. The van der Waals surface area contributed by atoms with Gasteiger partial charge in [0.05, 0.1) is 6.10 Å². The summed E-state index contributed by atoms with van der Waals surface area (Å²) in [7, 11) is 0. The van der Waals surface area contributed by atoms with Crippen LogP contribution in [0, 0.1) is 12.3 Å². The smallest absolute Gasteiger partial charge is 0.246 e. The van der Waals surface area contributed by atoms with E-state index in [-0.39, 0.29) is 12.0 Å². The number of hydrogen-bond donors (Lipinski definition) is 3. The highest BCUT2D eigenvalue weighted by Gasteiger charge is 2.62. The molecule has 0 radical (unpaired) electrons. The molecule has 19 heavy (non-hydrogen) atoms. The number of amides is 1. The lowest BCUT2D eigenvalue weighted by Gasteiger charge is -2.57. The second-order valence-corrected chi connectivity index (χ2v) is 5.73. The van der Waals surface area contributed by atoms with Gasteiger partial charge < -0.3 is 15.8 Å². The summed E-state index contributed by atoms with van der Waals surface area (Å²) < 4.78 is 5.61. The third-order valence-corrected chi connectivity index (χ3v) is 4.18. The molecular formula is C13H22N4O2. The maximum absolute atomic E-state index is 12.3. The highest BCUT2D eigenvalue weighted by Crippen LogP contribution is 2.50. The van der Waals surface area contributed by atoms with Crippen molar-refractivity contribution in [2.75, 3.05) is 11.9 Å². The van der Waals surface area contributed by atoms with Crippen LogP contribution in [-0.4, -0.2) is 34.4 Å². The normalized spacial score (nSPS) is 28.8. The van der Waals surface area contributed by atoms with Crippen molar-refractivity contribution >= 4 is 11.7 Å². The zero-order valence-electron chi connectivity index (χ0n) is 11.9. The topological polar surface area (TPSA) is 93.0 Å². The lowest BCUT2D eigenvalue weighted by Crippen LogP contribution is -2.74. The van der Waals surface area contributed by atoms with Gasteiger partial charge in [-0.1, -0.05) is 13.8 Å². The van der Waals surface area contributed by atoms with E-state index in [1.54, 1.807) is 6.07 Å². The number of aromatic amines is 1. The van der Waals surface area contributed by atoms with E-state index in [0.29, 0.717) is 18.8 Å². The van der Waals surface area contributed by atoms with Gasteiger partial charge in [-0.25, -0.2) is 0 Å². The first-order chi connectivity index (χ1) is 8.81. The second-order valence-electron chi connectivity index (χ2n) is 5.73. The molecule has 2 atom stereocenters. The number of aryl methyl sites for hydroxylation is 1. The van der Waals surface area contributed by atoms with Gasteiger partial charge in [0.25, 0.3) is 0 Å². The van der Waals surface area contributed by atoms with E-state index in [4.69, 9.17) is 10.5 Å². The summed E-state index contributed by atoms with van der Waals surface area (Å²) in [5.41, 5.74) is 5.85. The minimum atomic E-state index is -0.917. The van der Waals surface area contributed by atoms with Crippen LogP contribution >= 0.6 is 0 Å². The Morgan fingerprint density at radius 1 is 1.68 bits per heavy atom. The summed E-state index contributed by atoms with van der Waals surface area (Å²) in [4.78, 5) is 12.3. The van der Waals surface area contributed by atoms with E-state index in [1.165, 1.54) is 0 Å². The van der Waals surface area contributed by atoms with Crippen LogP contribution in [0.2, 0.25) is 0 Å². The lowest BCUT2D eigenvalue weighted by molar-refractivity contribution is -0.166. The van der Waals surface area contributed by atoms with Crippen LogP contribution in [-0.2, 0) is 9.53 Å². The Kier molecular flexibility index (Phi) is 3.40. The summed E-state index contributed by atoms with van der Waals surface area (Å²) in [6.45, 7) is 8.38. The van der Waals surface area contributed by atoms with Crippen LogP contribution in [0.25, 0.3) is 0 Å². The van der Waals surface area contributed by atoms with Crippen molar-refractivity contribution in [1.29, 1.82) is 0 Å². The average molecular weight is 266 g/mol. The van der Waals surface area contributed by atoms with Gasteiger partial charge in [0.2, 0.25) is 5.91 Å². The Hall–Kier alpha value is -1.40. The Morgan fingerprint density at radius 2 is 2.37 bits per heavy atom. The molecule has 2 rings (SSSR count). The Morgan fingerprint density at radius 3 is 2.84 bits per heavy atom. The van der Waals surface area contributed by atoms with E-state index in [1.807, 2.05) is 27.7 Å². The minimum Gasteiger partial charge on any atom is -0.378 e. The molecule has 6 heteroatoms. The van der Waals surface area contributed by atoms with Gasteiger partial charge in [-0.15, -0.1) is 0 Å². The summed E-state index contributed by atoms with van der Waals surface area (Å²) in [5.74, 6) is 0.294. The number of aromatic nitrogens is 2. The molecule has 2 unspecified atom stereocenters. The Bertz CT molecular complexity index is 483. The van der Waals surface area contributed by atoms with Gasteiger partial charge in [-0.3, -0.25) is 9.89 Å². The molecule has 4 N–H and O–H groups in total. The standard InChI is InChI=1S/C13H22N4O2/c1-5-19-9-7-13(14,12(9,3)4)11(18)15-10-6-8(2)16-17-10/h6,9H,5,7,14H2,1-4H3,(H2,15,16,17,18). The van der Waals surface area contributed by atoms with Crippen molar-refractivity contribution < 1.29 is 9.53 Å². The minimum absolute atomic E-state index is 0.0224. The molecular weight excluding hydrogens is 244 g/mol. The first-order valence-electron chi connectivity index (χ1n) is 6.55. The van der Waals surface area contributed by atoms with Gasteiger partial charge in [-0.05, 0) is 13.8 Å². The fourth-order valence-corrected chi connectivity index (χ4v) is 2.53. The van der Waals surface area contributed by atoms with E-state index in [2.05, 4.69) is 15.5 Å². The molecule has 0 saturated heterocycles. The summed E-state index contributed by atoms with van der Waals surface area (Å²) in [5, 5.41) is 9.53. The Labute approximate surface area is 113 Å². The van der Waals surface area contributed by atoms with E-state index in [9.17, 15) is 4.79 Å². The van der Waals surface area contributed by atoms with Gasteiger partial charge in [0, 0.05) is 30.2 Å². The molecule has 1 fully saturated rings. The monoisotopic (exact) mass is 266 g/mol. The van der Waals surface area contributed by atoms with Crippen molar-refractivity contribution in [3.05, 3.63) is 11.8 Å². The zero-order chi connectivity index (χ0) is 14.3. The lowest BCUT2D eigenvalue weighted by atomic mass is 9.54. The number of hydrogen-bond acceptors (Lipinski definition) is 4. The number of nitrogens with zero attached hydrogens (tertiary/aromatic N) is 1. The van der Waals surface area contributed by atoms with Crippen LogP contribution in [0.15, 0.2) is 6.07 Å². The number of carbonyl (C=O) groups excluding carboxylic acids is 1. The summed E-state index contributed by atoms with van der Waals surface area (Å²) >= 11 is 0. The molecule has 0 aromatic carbocycles. The van der Waals surface area contributed by atoms with E-state index < -0.39 is 11.0 Å². The molecule has 0 aliphatic heterocycles. The highest BCUT2D eigenvalue weighted by atomic mass is 16.5. The van der Waals surface area contributed by atoms with Gasteiger partial charge in [-0.2, -0.15) is 5.10 Å². The Balaban J connectivity index is 2.07. The van der Waals surface area contributed by atoms with Gasteiger partial charge in [0.15, 0.2) is 5.82 Å². The van der Waals surface area contributed by atoms with Crippen molar-refractivity contribution in [2.45, 2.75) is 45.8 Å². The van der Waals surface area contributed by atoms with Crippen LogP contribution < -0.4 is 11.1 Å². The van der Waals surface area contributed by atoms with Crippen LogP contribution in [0.1, 0.15) is 32.9 Å². The zero-order valence-corrected chi connectivity index (χ0v) is 11.9. The number of rotatable bonds is 4. The van der Waals surface area contributed by atoms with Crippen LogP contribution in [0.5, 0.6) is 0 Å². The fraction of sp³-hybridized carbons (Fsp3) is 0.692. The second kappa shape index (κ2) is 4.61. The number of carbonyl (C=O) groups is 1. The first kappa shape index (κ1) is 14.0. The van der Waals surface area contributed by atoms with Crippen molar-refractivity contribution in [2.24, 2.45) is 11.1 Å². The molecule has 1 saturated carbocycles. The first-order valence-corrected chi connectivity index (χ1v) is 6.55. The van der Waals surface area contributed by atoms with Crippen LogP contribution in [0.3, 0.4) is 0 Å². The summed E-state index contributed by atoms with van der Waals surface area (Å²) in [6.07, 6.45) is 0.553. The number of anilines is 1. The number of nitrogens with one attached hydrogen (secondary N) is 2. The van der Waals surface area contributed by atoms with Crippen molar-refractivity contribution in [1.82, 2.24) is 10.2 Å². The molecule has 0 spiro atoms. The van der Waals surface area contributed by atoms with Crippen molar-refractivity contribution in [3.63, 3.8) is 0 Å². The SMILES string of the molecule is CCOC1CC(N)(C(=O)Nc2cc(C)[nH]n2)C1(C)C. The average Bonchev–Trinajstić information content (AvgIpc) is 2.74. The molecule has 1 heterocycles. The molecule has 0 bridgehead atoms. The highest BCUT2D eigenvalue weighted by molar-refractivity contribution is 5.99. The molecule has 1 aliphatic rings. The maximum atomic E-state index is 12.3. The predicted molar refractivity (Wildman–Crippen MR) is 72.7 cm³/mol. The maximum Gasteiger partial charge on any atom is 0.246 e. The molecule has 1 aliphatic carbocycles. The van der Waals surface area contributed by atoms with Crippen molar-refractivity contribution in [3.8, 4) is 0 Å². The molecule has 1 aromatic heterocycles. The number of ether oxygens (including phenoxy) is 1. The predicted octanol–water partition coefficient (Wildman–Crippen LogP) is 1.19. The number of H-pyrrole nitrogens is 1. The third kappa shape index (κ3) is 2.15. The third-order valence-electron chi connectivity index (χ3n) is 4.18. The largest absolute Gasteiger partial charge is 0.378 e. The van der Waals surface area contributed by atoms with Crippen LogP contribution in [0.4, 0.5) is 5.82 Å². The molecule has 6 nitrogen and oxygen atoms in total. The molecule has 1 aromatic rings. The fourth-order valence-electron chi connectivity index (χ4n) is 2.53.